The molecule has 2 aliphatic carbocycles. The summed E-state index contributed by atoms with van der Waals surface area (Å²) in [6, 6.07) is 0.566. The highest BCUT2D eigenvalue weighted by Gasteiger charge is 2.66. The molecule has 4 fully saturated rings. The molecule has 1 spiro atoms. The van der Waals surface area contributed by atoms with Crippen molar-refractivity contribution in [3.8, 4) is 0 Å². The molecular formula is C18H31N3O2. The zero-order chi connectivity index (χ0) is 15.9. The molecule has 1 N–H and O–H groups in total. The molecule has 0 aromatic carbocycles. The Hall–Kier alpha value is -0.810. The molecule has 4 unspecified atom stereocenters. The van der Waals surface area contributed by atoms with E-state index in [1.54, 1.807) is 0 Å². The molecule has 0 aromatic heterocycles. The highest BCUT2D eigenvalue weighted by Crippen LogP contribution is 2.62. The van der Waals surface area contributed by atoms with Gasteiger partial charge in [0.1, 0.15) is 0 Å². The van der Waals surface area contributed by atoms with E-state index in [0.29, 0.717) is 29.4 Å². The second kappa shape index (κ2) is 6.25. The lowest BCUT2D eigenvalue weighted by Gasteiger charge is -2.63. The Morgan fingerprint density at radius 1 is 1.30 bits per heavy atom. The lowest BCUT2D eigenvalue weighted by Crippen LogP contribution is -2.72. The van der Waals surface area contributed by atoms with E-state index in [-0.39, 0.29) is 0 Å². The number of rotatable bonds is 4. The number of hydrogen-bond acceptors (Lipinski definition) is 3. The van der Waals surface area contributed by atoms with E-state index in [0.717, 1.165) is 38.9 Å². The van der Waals surface area contributed by atoms with Gasteiger partial charge in [0.05, 0.1) is 12.7 Å². The molecule has 0 bridgehead atoms. The molecule has 2 saturated heterocycles. The predicted molar refractivity (Wildman–Crippen MR) is 90.6 cm³/mol. The third kappa shape index (κ3) is 2.56. The van der Waals surface area contributed by atoms with Crippen LogP contribution in [0.3, 0.4) is 0 Å². The summed E-state index contributed by atoms with van der Waals surface area (Å²) in [6.07, 6.45) is 6.92. The molecule has 2 saturated carbocycles. The van der Waals surface area contributed by atoms with E-state index in [2.05, 4.69) is 24.2 Å². The van der Waals surface area contributed by atoms with Gasteiger partial charge in [-0.05, 0) is 32.6 Å². The van der Waals surface area contributed by atoms with Crippen LogP contribution in [0.4, 0.5) is 0 Å². The summed E-state index contributed by atoms with van der Waals surface area (Å²) >= 11 is 0. The van der Waals surface area contributed by atoms with Crippen molar-refractivity contribution in [2.24, 2.45) is 22.2 Å². The molecule has 0 amide bonds. The van der Waals surface area contributed by atoms with Crippen LogP contribution in [-0.4, -0.2) is 63.0 Å². The van der Waals surface area contributed by atoms with Gasteiger partial charge in [-0.1, -0.05) is 6.42 Å². The zero-order valence-corrected chi connectivity index (χ0v) is 14.6. The molecule has 5 nitrogen and oxygen atoms in total. The number of fused-ring (bicyclic) bond motifs is 2. The Kier molecular flexibility index (Phi) is 4.26. The Balaban J connectivity index is 1.42. The number of guanidine groups is 1. The monoisotopic (exact) mass is 321 g/mol. The summed E-state index contributed by atoms with van der Waals surface area (Å²) in [5.74, 6) is 2.42. The fourth-order valence-corrected chi connectivity index (χ4v) is 5.22. The number of hydrogen-bond donors (Lipinski definition) is 1. The Morgan fingerprint density at radius 3 is 2.83 bits per heavy atom. The van der Waals surface area contributed by atoms with E-state index in [1.165, 1.54) is 32.1 Å². The Labute approximate surface area is 139 Å². The van der Waals surface area contributed by atoms with E-state index in [4.69, 9.17) is 14.5 Å². The van der Waals surface area contributed by atoms with Crippen LogP contribution in [0.5, 0.6) is 0 Å². The molecule has 4 aliphatic rings. The van der Waals surface area contributed by atoms with Gasteiger partial charge in [0, 0.05) is 56.6 Å². The zero-order valence-electron chi connectivity index (χ0n) is 14.6. The fourth-order valence-electron chi connectivity index (χ4n) is 5.22. The van der Waals surface area contributed by atoms with Gasteiger partial charge in [-0.15, -0.1) is 0 Å². The van der Waals surface area contributed by atoms with Crippen molar-refractivity contribution in [1.82, 2.24) is 10.2 Å². The van der Waals surface area contributed by atoms with Crippen LogP contribution in [0, 0.1) is 17.3 Å². The predicted octanol–water partition coefficient (Wildman–Crippen LogP) is 1.88. The minimum atomic E-state index is 0.410. The van der Waals surface area contributed by atoms with Crippen molar-refractivity contribution < 1.29 is 9.47 Å². The smallest absolute Gasteiger partial charge is 0.193 e. The van der Waals surface area contributed by atoms with Crippen molar-refractivity contribution >= 4 is 5.96 Å². The first-order valence-corrected chi connectivity index (χ1v) is 9.46. The molecule has 23 heavy (non-hydrogen) atoms. The van der Waals surface area contributed by atoms with Crippen LogP contribution in [0.25, 0.3) is 0 Å². The topological polar surface area (TPSA) is 46.1 Å². The summed E-state index contributed by atoms with van der Waals surface area (Å²) in [5, 5.41) is 3.85. The summed E-state index contributed by atoms with van der Waals surface area (Å²) in [4.78, 5) is 7.09. The number of aliphatic imine (C=N–C) groups is 1. The Morgan fingerprint density at radius 2 is 2.17 bits per heavy atom. The molecule has 4 rings (SSSR count). The maximum Gasteiger partial charge on any atom is 0.193 e. The summed E-state index contributed by atoms with van der Waals surface area (Å²) < 4.78 is 11.6. The van der Waals surface area contributed by atoms with Crippen LogP contribution >= 0.6 is 0 Å². The van der Waals surface area contributed by atoms with Crippen molar-refractivity contribution in [3.05, 3.63) is 0 Å². The molecule has 5 heteroatoms. The first-order chi connectivity index (χ1) is 11.2. The number of nitrogens with one attached hydrogen (secondary N) is 1. The van der Waals surface area contributed by atoms with Gasteiger partial charge in [-0.25, -0.2) is 0 Å². The second-order valence-electron chi connectivity index (χ2n) is 7.86. The largest absolute Gasteiger partial charge is 0.381 e. The Bertz CT molecular complexity index is 457. The van der Waals surface area contributed by atoms with Gasteiger partial charge >= 0.3 is 0 Å². The van der Waals surface area contributed by atoms with E-state index < -0.39 is 0 Å². The third-order valence-electron chi connectivity index (χ3n) is 6.55. The van der Waals surface area contributed by atoms with E-state index in [9.17, 15) is 0 Å². The number of nitrogens with zero attached hydrogens (tertiary/aromatic N) is 2. The van der Waals surface area contributed by atoms with Crippen molar-refractivity contribution in [2.75, 3.05) is 40.0 Å². The quantitative estimate of drug-likeness (QED) is 0.634. The second-order valence-corrected chi connectivity index (χ2v) is 7.86. The van der Waals surface area contributed by atoms with Crippen LogP contribution in [0.1, 0.15) is 39.0 Å². The first-order valence-electron chi connectivity index (χ1n) is 9.46. The van der Waals surface area contributed by atoms with Gasteiger partial charge in [-0.3, -0.25) is 4.99 Å². The van der Waals surface area contributed by atoms with Crippen LogP contribution in [0.2, 0.25) is 0 Å². The molecule has 130 valence electrons. The van der Waals surface area contributed by atoms with Crippen LogP contribution < -0.4 is 5.32 Å². The SMILES string of the molecule is CCN=C(NC1C2CCOC2C12CCC2)N(C)CC1CCOC1. The summed E-state index contributed by atoms with van der Waals surface area (Å²) in [7, 11) is 2.18. The van der Waals surface area contributed by atoms with Gasteiger partial charge in [0.2, 0.25) is 0 Å². The average Bonchev–Trinajstić information content (AvgIpc) is 3.12. The van der Waals surface area contributed by atoms with Gasteiger partial charge in [-0.2, -0.15) is 0 Å². The van der Waals surface area contributed by atoms with Crippen molar-refractivity contribution in [3.63, 3.8) is 0 Å². The van der Waals surface area contributed by atoms with Gasteiger partial charge in [0.25, 0.3) is 0 Å². The van der Waals surface area contributed by atoms with Gasteiger partial charge in [0.15, 0.2) is 5.96 Å². The molecule has 0 aromatic rings. The van der Waals surface area contributed by atoms with E-state index >= 15 is 0 Å². The lowest BCUT2D eigenvalue weighted by atomic mass is 9.46. The maximum absolute atomic E-state index is 6.04. The van der Waals surface area contributed by atoms with Crippen molar-refractivity contribution in [1.29, 1.82) is 0 Å². The third-order valence-corrected chi connectivity index (χ3v) is 6.55. The molecule has 4 atom stereocenters. The summed E-state index contributed by atoms with van der Waals surface area (Å²) in [6.45, 7) is 6.75. The standard InChI is InChI=1S/C18H31N3O2/c1-3-19-17(21(2)11-13-5-9-22-12-13)20-15-14-6-10-23-16(14)18(15)7-4-8-18/h13-16H,3-12H2,1-2H3,(H,19,20). The minimum absolute atomic E-state index is 0.410. The normalized spacial score (nSPS) is 38.1. The highest BCUT2D eigenvalue weighted by molar-refractivity contribution is 5.80. The molecule has 0 radical (unpaired) electrons. The molecular weight excluding hydrogens is 290 g/mol. The van der Waals surface area contributed by atoms with E-state index in [1.807, 2.05) is 0 Å². The summed E-state index contributed by atoms with van der Waals surface area (Å²) in [5.41, 5.74) is 0.410. The molecule has 2 aliphatic heterocycles. The molecule has 2 heterocycles. The average molecular weight is 321 g/mol. The fraction of sp³-hybridized carbons (Fsp3) is 0.944. The van der Waals surface area contributed by atoms with Crippen LogP contribution in [0.15, 0.2) is 4.99 Å². The number of ether oxygens (including phenoxy) is 2. The first kappa shape index (κ1) is 15.7. The van der Waals surface area contributed by atoms with Crippen LogP contribution in [-0.2, 0) is 9.47 Å². The lowest BCUT2D eigenvalue weighted by molar-refractivity contribution is -0.171. The van der Waals surface area contributed by atoms with Crippen molar-refractivity contribution in [2.45, 2.75) is 51.2 Å². The minimum Gasteiger partial charge on any atom is -0.381 e. The highest BCUT2D eigenvalue weighted by atomic mass is 16.5. The maximum atomic E-state index is 6.04. The van der Waals surface area contributed by atoms with Gasteiger partial charge < -0.3 is 19.7 Å².